The van der Waals surface area contributed by atoms with Crippen LogP contribution in [0.5, 0.6) is 0 Å². The molecule has 0 atom stereocenters. The van der Waals surface area contributed by atoms with Gasteiger partial charge in [0.2, 0.25) is 11.1 Å². The van der Waals surface area contributed by atoms with Crippen molar-refractivity contribution >= 4 is 23.4 Å². The van der Waals surface area contributed by atoms with Crippen LogP contribution in [0.4, 0.5) is 5.69 Å². The Morgan fingerprint density at radius 1 is 0.966 bits per heavy atom. The molecule has 29 heavy (non-hydrogen) atoms. The van der Waals surface area contributed by atoms with Gasteiger partial charge in [-0.1, -0.05) is 53.7 Å². The number of amides is 1. The molecule has 6 nitrogen and oxygen atoms in total. The molecular weight excluding hydrogens is 382 g/mol. The molecule has 0 aliphatic rings. The van der Waals surface area contributed by atoms with Gasteiger partial charge < -0.3 is 5.32 Å². The van der Waals surface area contributed by atoms with Crippen LogP contribution < -0.4 is 5.32 Å². The van der Waals surface area contributed by atoms with Gasteiger partial charge in [-0.05, 0) is 43.7 Å². The Balaban J connectivity index is 1.56. The molecule has 4 rings (SSSR count). The molecule has 0 spiro atoms. The van der Waals surface area contributed by atoms with E-state index in [-0.39, 0.29) is 11.7 Å². The third kappa shape index (κ3) is 4.41. The van der Waals surface area contributed by atoms with Crippen molar-refractivity contribution in [1.82, 2.24) is 19.5 Å². The van der Waals surface area contributed by atoms with Gasteiger partial charge in [-0.25, -0.2) is 4.68 Å². The van der Waals surface area contributed by atoms with Crippen LogP contribution in [0.3, 0.4) is 0 Å². The maximum absolute atomic E-state index is 12.4. The summed E-state index contributed by atoms with van der Waals surface area (Å²) in [5, 5.41) is 12.3. The van der Waals surface area contributed by atoms with Crippen molar-refractivity contribution in [2.24, 2.45) is 0 Å². The second-order valence-corrected chi connectivity index (χ2v) is 7.70. The highest BCUT2D eigenvalue weighted by molar-refractivity contribution is 7.99. The number of nitrogens with zero attached hydrogens (tertiary/aromatic N) is 4. The van der Waals surface area contributed by atoms with Gasteiger partial charge in [-0.15, -0.1) is 10.2 Å². The molecule has 2 heterocycles. The predicted molar refractivity (Wildman–Crippen MR) is 116 cm³/mol. The Labute approximate surface area is 173 Å². The van der Waals surface area contributed by atoms with Crippen molar-refractivity contribution in [3.8, 4) is 11.4 Å². The molecule has 0 aliphatic heterocycles. The highest BCUT2D eigenvalue weighted by atomic mass is 32.2. The van der Waals surface area contributed by atoms with Crippen LogP contribution in [0.1, 0.15) is 11.1 Å². The van der Waals surface area contributed by atoms with Crippen LogP contribution in [0, 0.1) is 13.8 Å². The topological polar surface area (TPSA) is 64.7 Å². The van der Waals surface area contributed by atoms with Gasteiger partial charge >= 0.3 is 0 Å². The molecule has 146 valence electrons. The largest absolute Gasteiger partial charge is 0.325 e. The third-order valence-electron chi connectivity index (χ3n) is 4.38. The molecule has 1 amide bonds. The van der Waals surface area contributed by atoms with E-state index in [2.05, 4.69) is 22.4 Å². The van der Waals surface area contributed by atoms with Gasteiger partial charge in [0.1, 0.15) is 0 Å². The summed E-state index contributed by atoms with van der Waals surface area (Å²) < 4.78 is 3.82. The van der Waals surface area contributed by atoms with Gasteiger partial charge in [0.05, 0.1) is 5.75 Å². The maximum Gasteiger partial charge on any atom is 0.234 e. The van der Waals surface area contributed by atoms with E-state index < -0.39 is 0 Å². The highest BCUT2D eigenvalue weighted by Crippen LogP contribution is 2.25. The lowest BCUT2D eigenvalue weighted by atomic mass is 10.1. The first-order valence-electron chi connectivity index (χ1n) is 9.25. The van der Waals surface area contributed by atoms with Crippen molar-refractivity contribution in [1.29, 1.82) is 0 Å². The number of aryl methyl sites for hydroxylation is 2. The molecule has 0 bridgehead atoms. The van der Waals surface area contributed by atoms with Crippen LogP contribution in [0.2, 0.25) is 0 Å². The summed E-state index contributed by atoms with van der Waals surface area (Å²) in [6, 6.07) is 19.8. The van der Waals surface area contributed by atoms with E-state index in [1.54, 1.807) is 0 Å². The number of hydrogen-bond donors (Lipinski definition) is 1. The van der Waals surface area contributed by atoms with Gasteiger partial charge in [0, 0.05) is 23.6 Å². The highest BCUT2D eigenvalue weighted by Gasteiger charge is 2.17. The van der Waals surface area contributed by atoms with Crippen LogP contribution in [0.15, 0.2) is 78.2 Å². The molecule has 0 saturated carbocycles. The lowest BCUT2D eigenvalue weighted by molar-refractivity contribution is -0.113. The van der Waals surface area contributed by atoms with Gasteiger partial charge in [0.15, 0.2) is 5.82 Å². The number of hydrogen-bond acceptors (Lipinski definition) is 4. The van der Waals surface area contributed by atoms with E-state index in [0.717, 1.165) is 22.6 Å². The van der Waals surface area contributed by atoms with E-state index in [1.807, 2.05) is 89.3 Å². The summed E-state index contributed by atoms with van der Waals surface area (Å²) >= 11 is 1.35. The zero-order valence-electron chi connectivity index (χ0n) is 16.2. The van der Waals surface area contributed by atoms with Crippen LogP contribution in [-0.2, 0) is 4.79 Å². The molecule has 0 fully saturated rings. The van der Waals surface area contributed by atoms with E-state index in [9.17, 15) is 4.79 Å². The normalized spacial score (nSPS) is 10.8. The first kappa shape index (κ1) is 19.0. The standard InChI is InChI=1S/C22H21N5OS/c1-16-8-10-18(11-9-16)21-24-25-22(27(21)26-12-3-4-13-26)29-15-20(28)23-19-7-5-6-17(2)14-19/h3-14H,15H2,1-2H3,(H,23,28). The number of carbonyl (C=O) groups excluding carboxylic acids is 1. The Morgan fingerprint density at radius 2 is 1.72 bits per heavy atom. The minimum Gasteiger partial charge on any atom is -0.325 e. The minimum absolute atomic E-state index is 0.0838. The first-order valence-corrected chi connectivity index (χ1v) is 10.2. The van der Waals surface area contributed by atoms with Crippen LogP contribution >= 0.6 is 11.8 Å². The van der Waals surface area contributed by atoms with E-state index >= 15 is 0 Å². The van der Waals surface area contributed by atoms with Crippen molar-refractivity contribution in [2.45, 2.75) is 19.0 Å². The third-order valence-corrected chi connectivity index (χ3v) is 5.30. The minimum atomic E-state index is -0.0838. The summed E-state index contributed by atoms with van der Waals surface area (Å²) in [5.74, 6) is 0.878. The van der Waals surface area contributed by atoms with Gasteiger partial charge in [-0.2, -0.15) is 0 Å². The number of thioether (sulfide) groups is 1. The fraction of sp³-hybridized carbons (Fsp3) is 0.136. The number of benzene rings is 2. The number of nitrogens with one attached hydrogen (secondary N) is 1. The van der Waals surface area contributed by atoms with Gasteiger partial charge in [-0.3, -0.25) is 9.47 Å². The predicted octanol–water partition coefficient (Wildman–Crippen LogP) is 4.41. The Kier molecular flexibility index (Phi) is 5.48. The van der Waals surface area contributed by atoms with E-state index in [4.69, 9.17) is 0 Å². The summed E-state index contributed by atoms with van der Waals surface area (Å²) in [5.41, 5.74) is 4.05. The Hall–Kier alpha value is -3.32. The number of anilines is 1. The van der Waals surface area contributed by atoms with E-state index in [1.165, 1.54) is 17.3 Å². The van der Waals surface area contributed by atoms with Crippen molar-refractivity contribution < 1.29 is 4.79 Å². The molecular formula is C22H21N5OS. The number of aromatic nitrogens is 4. The summed E-state index contributed by atoms with van der Waals surface area (Å²) in [7, 11) is 0. The Bertz CT molecular complexity index is 1120. The molecule has 4 aromatic rings. The second kappa shape index (κ2) is 8.36. The van der Waals surface area contributed by atoms with E-state index in [0.29, 0.717) is 5.16 Å². The molecule has 7 heteroatoms. The summed E-state index contributed by atoms with van der Waals surface area (Å²) in [6.07, 6.45) is 3.86. The SMILES string of the molecule is Cc1ccc(-c2nnc(SCC(=O)Nc3cccc(C)c3)n2-n2cccc2)cc1. The molecule has 2 aromatic heterocycles. The first-order chi connectivity index (χ1) is 14.1. The molecule has 1 N–H and O–H groups in total. The molecule has 0 radical (unpaired) electrons. The molecule has 0 saturated heterocycles. The lowest BCUT2D eigenvalue weighted by Crippen LogP contribution is -2.16. The zero-order valence-corrected chi connectivity index (χ0v) is 17.1. The molecule has 2 aromatic carbocycles. The average molecular weight is 404 g/mol. The fourth-order valence-corrected chi connectivity index (χ4v) is 3.69. The smallest absolute Gasteiger partial charge is 0.234 e. The van der Waals surface area contributed by atoms with Gasteiger partial charge in [0.25, 0.3) is 0 Å². The van der Waals surface area contributed by atoms with Crippen molar-refractivity contribution in [3.05, 3.63) is 84.2 Å². The summed E-state index contributed by atoms with van der Waals surface area (Å²) in [6.45, 7) is 4.05. The molecule has 0 unspecified atom stereocenters. The zero-order chi connectivity index (χ0) is 20.2. The number of rotatable bonds is 6. The maximum atomic E-state index is 12.4. The monoisotopic (exact) mass is 403 g/mol. The number of carbonyl (C=O) groups is 1. The van der Waals surface area contributed by atoms with Crippen molar-refractivity contribution in [3.63, 3.8) is 0 Å². The second-order valence-electron chi connectivity index (χ2n) is 6.75. The molecule has 0 aliphatic carbocycles. The quantitative estimate of drug-likeness (QED) is 0.485. The lowest BCUT2D eigenvalue weighted by Gasteiger charge is -2.11. The fourth-order valence-electron chi connectivity index (χ4n) is 2.96. The van der Waals surface area contributed by atoms with Crippen LogP contribution in [0.25, 0.3) is 11.4 Å². The summed E-state index contributed by atoms with van der Waals surface area (Å²) in [4.78, 5) is 12.4. The van der Waals surface area contributed by atoms with Crippen LogP contribution in [-0.4, -0.2) is 31.2 Å². The Morgan fingerprint density at radius 3 is 2.45 bits per heavy atom. The van der Waals surface area contributed by atoms with Crippen molar-refractivity contribution in [2.75, 3.05) is 11.1 Å². The average Bonchev–Trinajstić information content (AvgIpc) is 3.36.